The molecule has 1 saturated heterocycles. The van der Waals surface area contributed by atoms with Crippen LogP contribution in [0.3, 0.4) is 0 Å². The van der Waals surface area contributed by atoms with Gasteiger partial charge in [0.05, 0.1) is 11.9 Å². The number of nitrogens with zero attached hydrogens (tertiary/aromatic N) is 4. The highest BCUT2D eigenvalue weighted by molar-refractivity contribution is 7.72. The fourth-order valence-electron chi connectivity index (χ4n) is 2.94. The van der Waals surface area contributed by atoms with Crippen molar-refractivity contribution in [3.63, 3.8) is 0 Å². The normalized spacial score (nSPS) is 31.0. The summed E-state index contributed by atoms with van der Waals surface area (Å²) in [6, 6.07) is 0. The van der Waals surface area contributed by atoms with E-state index in [0.717, 1.165) is 6.16 Å². The van der Waals surface area contributed by atoms with Crippen LogP contribution in [-0.2, 0) is 4.74 Å². The highest BCUT2D eigenvalue weighted by Gasteiger charge is 2.52. The molecule has 0 spiro atoms. The average molecular weight is 353 g/mol. The first-order valence-electron chi connectivity index (χ1n) is 7.77. The summed E-state index contributed by atoms with van der Waals surface area (Å²) < 4.78 is 7.67. The van der Waals surface area contributed by atoms with Gasteiger partial charge in [0.2, 0.25) is 0 Å². The summed E-state index contributed by atoms with van der Waals surface area (Å²) in [5.41, 5.74) is 5.85. The van der Waals surface area contributed by atoms with Crippen molar-refractivity contribution in [3.8, 4) is 0 Å². The minimum atomic E-state index is -1.26. The van der Waals surface area contributed by atoms with E-state index in [4.69, 9.17) is 10.5 Å². The van der Waals surface area contributed by atoms with Gasteiger partial charge < -0.3 is 20.7 Å². The standard InChI is InChI=1S/C15H24N5O3P/c1-15(5-6-24(2,3)4)11(22)10(21)14(23-15)20-8-19-9-12(16)17-7-18-13(9)20/h7-8,10-11,14,21-22H,2,5-6H2,1,3-4H3,(H2,16,17,18)/t10-,11+,14?,15-/m1/s1. The number of imidazole rings is 1. The van der Waals surface area contributed by atoms with Gasteiger partial charge in [0.25, 0.3) is 0 Å². The van der Waals surface area contributed by atoms with E-state index in [0.29, 0.717) is 17.6 Å². The van der Waals surface area contributed by atoms with Gasteiger partial charge in [-0.3, -0.25) is 4.57 Å². The van der Waals surface area contributed by atoms with Crippen LogP contribution in [0, 0.1) is 0 Å². The summed E-state index contributed by atoms with van der Waals surface area (Å²) in [5.74, 6) is 0.262. The Bertz CT molecular complexity index is 804. The summed E-state index contributed by atoms with van der Waals surface area (Å²) in [5, 5.41) is 21.1. The molecule has 1 unspecified atom stereocenters. The number of nitrogens with two attached hydrogens (primary N) is 1. The van der Waals surface area contributed by atoms with E-state index < -0.39 is 30.9 Å². The predicted molar refractivity (Wildman–Crippen MR) is 95.6 cm³/mol. The van der Waals surface area contributed by atoms with Gasteiger partial charge in [-0.25, -0.2) is 15.0 Å². The van der Waals surface area contributed by atoms with Crippen molar-refractivity contribution in [2.75, 3.05) is 25.2 Å². The van der Waals surface area contributed by atoms with Gasteiger partial charge in [-0.2, -0.15) is 0 Å². The van der Waals surface area contributed by atoms with Crippen LogP contribution in [0.1, 0.15) is 19.6 Å². The van der Waals surface area contributed by atoms with Crippen LogP contribution in [0.25, 0.3) is 11.2 Å². The lowest BCUT2D eigenvalue weighted by Gasteiger charge is -2.29. The molecule has 3 rings (SSSR count). The lowest BCUT2D eigenvalue weighted by atomic mass is 9.95. The summed E-state index contributed by atoms with van der Waals surface area (Å²) in [7, 11) is 0. The van der Waals surface area contributed by atoms with Gasteiger partial charge in [-0.1, -0.05) is 0 Å². The molecule has 1 aliphatic rings. The number of nitrogen functional groups attached to an aromatic ring is 1. The lowest BCUT2D eigenvalue weighted by Crippen LogP contribution is -2.41. The van der Waals surface area contributed by atoms with Gasteiger partial charge in [-0.05, 0) is 32.8 Å². The number of aliphatic hydroxyl groups is 2. The maximum atomic E-state index is 10.5. The number of fused-ring (bicyclic) bond motifs is 1. The molecule has 0 saturated carbocycles. The molecule has 24 heavy (non-hydrogen) atoms. The second kappa shape index (κ2) is 5.81. The van der Waals surface area contributed by atoms with Crippen molar-refractivity contribution in [1.82, 2.24) is 19.5 Å². The smallest absolute Gasteiger partial charge is 0.167 e. The van der Waals surface area contributed by atoms with Crippen LogP contribution >= 0.6 is 6.89 Å². The molecule has 8 nitrogen and oxygen atoms in total. The fraction of sp³-hybridized carbons (Fsp3) is 0.600. The minimum absolute atomic E-state index is 0.262. The minimum Gasteiger partial charge on any atom is -0.387 e. The topological polar surface area (TPSA) is 119 Å². The molecule has 0 bridgehead atoms. The molecule has 2 aromatic rings. The Morgan fingerprint density at radius 1 is 1.38 bits per heavy atom. The van der Waals surface area contributed by atoms with Crippen LogP contribution in [0.2, 0.25) is 0 Å². The van der Waals surface area contributed by atoms with E-state index in [1.54, 1.807) is 4.57 Å². The van der Waals surface area contributed by atoms with Crippen LogP contribution in [-0.4, -0.2) is 73.3 Å². The van der Waals surface area contributed by atoms with Crippen molar-refractivity contribution in [2.45, 2.75) is 37.4 Å². The van der Waals surface area contributed by atoms with Crippen molar-refractivity contribution in [2.24, 2.45) is 0 Å². The molecule has 1 fully saturated rings. The molecule has 0 aromatic carbocycles. The second-order valence-electron chi connectivity index (χ2n) is 7.25. The monoisotopic (exact) mass is 353 g/mol. The zero-order valence-electron chi connectivity index (χ0n) is 14.1. The van der Waals surface area contributed by atoms with E-state index in [-0.39, 0.29) is 5.82 Å². The first-order chi connectivity index (χ1) is 11.1. The fourth-order valence-corrected chi connectivity index (χ4v) is 3.99. The number of aromatic nitrogens is 4. The molecule has 0 amide bonds. The average Bonchev–Trinajstić information content (AvgIpc) is 3.02. The summed E-state index contributed by atoms with van der Waals surface area (Å²) in [4.78, 5) is 12.3. The molecule has 0 radical (unpaired) electrons. The van der Waals surface area contributed by atoms with Crippen molar-refractivity contribution in [3.05, 3.63) is 12.7 Å². The molecule has 2 aromatic heterocycles. The van der Waals surface area contributed by atoms with E-state index in [1.807, 2.05) is 6.92 Å². The number of ether oxygens (including phenoxy) is 1. The molecule has 4 atom stereocenters. The highest BCUT2D eigenvalue weighted by Crippen LogP contribution is 2.44. The lowest BCUT2D eigenvalue weighted by molar-refractivity contribution is -0.0925. The Hall–Kier alpha value is -1.47. The quantitative estimate of drug-likeness (QED) is 0.685. The number of hydrogen-bond acceptors (Lipinski definition) is 7. The van der Waals surface area contributed by atoms with Crippen LogP contribution in [0.4, 0.5) is 5.82 Å². The molecular formula is C15H24N5O3P. The Morgan fingerprint density at radius 2 is 2.08 bits per heavy atom. The van der Waals surface area contributed by atoms with Gasteiger partial charge in [-0.15, -0.1) is 13.2 Å². The van der Waals surface area contributed by atoms with Crippen molar-refractivity contribution < 1.29 is 14.9 Å². The summed E-state index contributed by atoms with van der Waals surface area (Å²) in [6.45, 7) is 4.82. The third-order valence-electron chi connectivity index (χ3n) is 4.51. The largest absolute Gasteiger partial charge is 0.387 e. The molecule has 1 aliphatic heterocycles. The first-order valence-corrected chi connectivity index (χ1v) is 10.8. The number of hydrogen-bond donors (Lipinski definition) is 3. The van der Waals surface area contributed by atoms with Gasteiger partial charge in [0.1, 0.15) is 24.1 Å². The Labute approximate surface area is 140 Å². The van der Waals surface area contributed by atoms with Gasteiger partial charge >= 0.3 is 0 Å². The third-order valence-corrected chi connectivity index (χ3v) is 5.94. The summed E-state index contributed by atoms with van der Waals surface area (Å²) in [6.07, 6.45) is 5.63. The van der Waals surface area contributed by atoms with Crippen molar-refractivity contribution >= 4 is 30.2 Å². The van der Waals surface area contributed by atoms with Crippen LogP contribution in [0.5, 0.6) is 0 Å². The molecule has 9 heteroatoms. The van der Waals surface area contributed by atoms with Crippen molar-refractivity contribution in [1.29, 1.82) is 0 Å². The van der Waals surface area contributed by atoms with Gasteiger partial charge in [0, 0.05) is 0 Å². The molecule has 3 heterocycles. The Balaban J connectivity index is 1.92. The predicted octanol–water partition coefficient (Wildman–Crippen LogP) is 0.517. The SMILES string of the molecule is C=P(C)(C)CC[C@@]1(C)OC(n2cnc3c(N)ncnc32)[C@H](O)[C@@H]1O. The Morgan fingerprint density at radius 3 is 2.75 bits per heavy atom. The summed E-state index contributed by atoms with van der Waals surface area (Å²) >= 11 is 0. The van der Waals surface area contributed by atoms with E-state index in [1.165, 1.54) is 12.7 Å². The first kappa shape index (κ1) is 17.4. The number of rotatable bonds is 4. The highest BCUT2D eigenvalue weighted by atomic mass is 31.2. The Kier molecular flexibility index (Phi) is 4.20. The van der Waals surface area contributed by atoms with E-state index >= 15 is 0 Å². The zero-order chi connectivity index (χ0) is 17.7. The maximum Gasteiger partial charge on any atom is 0.167 e. The van der Waals surface area contributed by atoms with E-state index in [9.17, 15) is 10.2 Å². The van der Waals surface area contributed by atoms with Crippen LogP contribution in [0.15, 0.2) is 12.7 Å². The second-order valence-corrected chi connectivity index (χ2v) is 11.6. The molecular weight excluding hydrogens is 329 g/mol. The molecule has 0 aliphatic carbocycles. The zero-order valence-corrected chi connectivity index (χ0v) is 15.0. The maximum absolute atomic E-state index is 10.5. The van der Waals surface area contributed by atoms with E-state index in [2.05, 4.69) is 34.6 Å². The molecule has 4 N–H and O–H groups in total. The van der Waals surface area contributed by atoms with Gasteiger partial charge in [0.15, 0.2) is 17.7 Å². The number of aliphatic hydroxyl groups excluding tert-OH is 2. The molecule has 132 valence electrons. The third kappa shape index (κ3) is 2.95. The number of anilines is 1. The van der Waals surface area contributed by atoms with Crippen LogP contribution < -0.4 is 5.73 Å².